The molecule has 0 radical (unpaired) electrons. The first-order valence-electron chi connectivity index (χ1n) is 4.39. The first kappa shape index (κ1) is 15.2. The quantitative estimate of drug-likeness (QED) is 0.413. The fourth-order valence-electron chi connectivity index (χ4n) is 0.842. The van der Waals surface area contributed by atoms with Crippen LogP contribution in [-0.4, -0.2) is 0 Å². The van der Waals surface area contributed by atoms with E-state index in [2.05, 4.69) is 36.0 Å². The zero-order chi connectivity index (χ0) is 12.9. The molecule has 0 unspecified atom stereocenters. The molecule has 0 atom stereocenters. The Morgan fingerprint density at radius 3 is 1.56 bits per heavy atom. The van der Waals surface area contributed by atoms with Gasteiger partial charge in [-0.05, 0) is 0 Å². The van der Waals surface area contributed by atoms with Gasteiger partial charge in [0.05, 0.1) is 0 Å². The van der Waals surface area contributed by atoms with Crippen LogP contribution in [0.25, 0.3) is 0 Å². The van der Waals surface area contributed by atoms with E-state index in [1.54, 1.807) is 0 Å². The van der Waals surface area contributed by atoms with Gasteiger partial charge in [0.1, 0.15) is 6.54 Å². The number of halogens is 6. The van der Waals surface area contributed by atoms with E-state index in [0.29, 0.717) is 0 Å². The predicted octanol–water partition coefficient (Wildman–Crippen LogP) is 4.77. The number of rotatable bonds is 2. The van der Waals surface area contributed by atoms with Crippen molar-refractivity contribution >= 4 is 7.81 Å². The van der Waals surface area contributed by atoms with Crippen LogP contribution in [-0.2, 0) is 6.54 Å². The van der Waals surface area contributed by atoms with Gasteiger partial charge < -0.3 is 0 Å². The minimum atomic E-state index is -10.7. The van der Waals surface area contributed by atoms with Crippen molar-refractivity contribution in [1.29, 1.82) is 0 Å². The molecule has 0 aromatic carbocycles. The molecule has 0 saturated carbocycles. The van der Waals surface area contributed by atoms with Gasteiger partial charge in [-0.3, -0.25) is 0 Å². The maximum atomic E-state index is 9.87. The van der Waals surface area contributed by atoms with Crippen molar-refractivity contribution < 1.29 is 29.7 Å². The molecule has 1 heterocycles. The van der Waals surface area contributed by atoms with Crippen LogP contribution in [0.15, 0.2) is 30.6 Å². The van der Waals surface area contributed by atoms with Crippen LogP contribution in [0.4, 0.5) is 25.2 Å². The molecule has 1 aromatic rings. The van der Waals surface area contributed by atoms with Gasteiger partial charge in [0.2, 0.25) is 0 Å². The summed E-state index contributed by atoms with van der Waals surface area (Å²) < 4.78 is 61.4. The van der Waals surface area contributed by atoms with E-state index in [-0.39, 0.29) is 0 Å². The Bertz CT molecular complexity index is 306. The Kier molecular flexibility index (Phi) is 3.98. The van der Waals surface area contributed by atoms with Crippen molar-refractivity contribution in [3.8, 4) is 0 Å². The van der Waals surface area contributed by atoms with Crippen molar-refractivity contribution in [3.63, 3.8) is 0 Å². The van der Waals surface area contributed by atoms with E-state index in [1.165, 1.54) is 6.42 Å². The van der Waals surface area contributed by atoms with Gasteiger partial charge in [0, 0.05) is 18.6 Å². The summed E-state index contributed by atoms with van der Waals surface area (Å²) in [4.78, 5) is 0. The molecule has 8 heteroatoms. The molecule has 1 nitrogen and oxygen atoms in total. The first-order chi connectivity index (χ1) is 6.88. The number of nitrogens with zero attached hydrogens (tertiary/aromatic N) is 1. The van der Waals surface area contributed by atoms with Gasteiger partial charge in [-0.25, -0.2) is 4.57 Å². The Morgan fingerprint density at radius 1 is 0.875 bits per heavy atom. The van der Waals surface area contributed by atoms with Crippen molar-refractivity contribution in [2.24, 2.45) is 0 Å². The van der Waals surface area contributed by atoms with E-state index in [0.717, 1.165) is 6.54 Å². The van der Waals surface area contributed by atoms with E-state index in [1.807, 2.05) is 6.07 Å². The van der Waals surface area contributed by atoms with E-state index >= 15 is 0 Å². The van der Waals surface area contributed by atoms with Crippen molar-refractivity contribution in [2.45, 2.75) is 19.9 Å². The molecule has 1 rings (SSSR count). The van der Waals surface area contributed by atoms with Crippen LogP contribution < -0.4 is 4.57 Å². The summed E-state index contributed by atoms with van der Waals surface area (Å²) in [5.41, 5.74) is 0. The molecule has 0 spiro atoms. The molecule has 16 heavy (non-hydrogen) atoms. The van der Waals surface area contributed by atoms with Crippen LogP contribution in [0.1, 0.15) is 13.3 Å². The second-order valence-electron chi connectivity index (χ2n) is 3.07. The van der Waals surface area contributed by atoms with Gasteiger partial charge in [-0.15, -0.1) is 0 Å². The van der Waals surface area contributed by atoms with Crippen molar-refractivity contribution in [3.05, 3.63) is 30.6 Å². The third-order valence-electron chi connectivity index (χ3n) is 1.26. The van der Waals surface area contributed by atoms with Crippen LogP contribution >= 0.6 is 7.81 Å². The summed E-state index contributed by atoms with van der Waals surface area (Å²) in [6.07, 6.45) is 5.38. The van der Waals surface area contributed by atoms with Gasteiger partial charge in [0.25, 0.3) is 0 Å². The molecular weight excluding hydrogens is 255 g/mol. The number of aromatic nitrogens is 1. The monoisotopic (exact) mass is 267 g/mol. The number of aryl methyl sites for hydroxylation is 1. The van der Waals surface area contributed by atoms with Crippen LogP contribution in [0.5, 0.6) is 0 Å². The van der Waals surface area contributed by atoms with E-state index in [9.17, 15) is 25.2 Å². The Labute approximate surface area is 88.9 Å². The second kappa shape index (κ2) is 4.20. The molecule has 0 N–H and O–H groups in total. The first-order valence-corrected chi connectivity index (χ1v) is 6.42. The maximum absolute atomic E-state index is 10.7. The van der Waals surface area contributed by atoms with E-state index < -0.39 is 7.81 Å². The fourth-order valence-corrected chi connectivity index (χ4v) is 0.842. The summed E-state index contributed by atoms with van der Waals surface area (Å²) in [5, 5.41) is 0. The zero-order valence-corrected chi connectivity index (χ0v) is 9.36. The molecule has 0 aliphatic rings. The number of hydrogen-bond donors (Lipinski definition) is 0. The molecule has 0 aliphatic carbocycles. The molecular formula is C8H12F6NP. The van der Waals surface area contributed by atoms with Crippen LogP contribution in [0, 0.1) is 0 Å². The fraction of sp³-hybridized carbons (Fsp3) is 0.375. The average Bonchev–Trinajstić information content (AvgIpc) is 2.01. The van der Waals surface area contributed by atoms with Crippen molar-refractivity contribution in [2.75, 3.05) is 0 Å². The Balaban J connectivity index is 0.000000293. The van der Waals surface area contributed by atoms with Gasteiger partial charge >= 0.3 is 33.0 Å². The number of pyridine rings is 1. The van der Waals surface area contributed by atoms with Gasteiger partial charge in [-0.1, -0.05) is 13.0 Å². The van der Waals surface area contributed by atoms with Gasteiger partial charge in [-0.2, -0.15) is 0 Å². The average molecular weight is 267 g/mol. The molecule has 0 bridgehead atoms. The SMILES string of the molecule is CCC[n+]1ccccc1.F[P-](F)(F)(F)(F)F. The standard InChI is InChI=1S/C8H12N.F6P/c1-2-6-9-7-4-3-5-8-9;1-7(2,3,4,5)6/h3-5,7-8H,2,6H2,1H3;/q+1;-1. The summed E-state index contributed by atoms with van der Waals surface area (Å²) >= 11 is 0. The molecule has 0 saturated heterocycles. The topological polar surface area (TPSA) is 3.88 Å². The predicted molar refractivity (Wildman–Crippen MR) is 50.5 cm³/mol. The summed E-state index contributed by atoms with van der Waals surface area (Å²) in [6, 6.07) is 6.14. The number of hydrogen-bond acceptors (Lipinski definition) is 0. The molecule has 0 aliphatic heterocycles. The van der Waals surface area contributed by atoms with Crippen molar-refractivity contribution in [1.82, 2.24) is 0 Å². The molecule has 0 fully saturated rings. The minimum absolute atomic E-state index is 1.13. The summed E-state index contributed by atoms with van der Waals surface area (Å²) in [5.74, 6) is 0. The Morgan fingerprint density at radius 2 is 1.25 bits per heavy atom. The zero-order valence-electron chi connectivity index (χ0n) is 8.46. The molecule has 96 valence electrons. The Hall–Kier alpha value is -0.840. The third-order valence-corrected chi connectivity index (χ3v) is 1.26. The molecule has 1 aromatic heterocycles. The van der Waals surface area contributed by atoms with Crippen LogP contribution in [0.3, 0.4) is 0 Å². The van der Waals surface area contributed by atoms with Gasteiger partial charge in [0.15, 0.2) is 12.4 Å². The normalized spacial score (nSPS) is 15.4. The summed E-state index contributed by atoms with van der Waals surface area (Å²) in [6.45, 7) is 3.31. The van der Waals surface area contributed by atoms with Crippen LogP contribution in [0.2, 0.25) is 0 Å². The molecule has 0 amide bonds. The second-order valence-corrected chi connectivity index (χ2v) is 4.99. The third kappa shape index (κ3) is 18.9. The summed E-state index contributed by atoms with van der Waals surface area (Å²) in [7, 11) is -10.7. The van der Waals surface area contributed by atoms with E-state index in [4.69, 9.17) is 0 Å².